The molecule has 23 heavy (non-hydrogen) atoms. The fraction of sp³-hybridized carbons (Fsp3) is 0.800. The molecular formula is C15H28N6O2. The molecule has 2 atom stereocenters. The number of carbonyl (C=O) groups excluding carboxylic acids is 1. The third-order valence-electron chi connectivity index (χ3n) is 4.62. The van der Waals surface area contributed by atoms with E-state index in [2.05, 4.69) is 46.5 Å². The standard InChI is InChI=1S/C15H28N6O2/c1-19(2)12-6-5-11(9-20(3)10-12)14(22)16-8-7-13-17-18-15(23)21(13)4/h11-12H,5-10H2,1-4H3,(H,16,22)(H,18,23)/t11-,12+/m1/s1. The number of carbonyl (C=O) groups is 1. The van der Waals surface area contributed by atoms with Gasteiger partial charge in [-0.15, -0.1) is 0 Å². The lowest BCUT2D eigenvalue weighted by Gasteiger charge is -2.25. The number of aromatic nitrogens is 3. The molecule has 2 heterocycles. The van der Waals surface area contributed by atoms with E-state index in [4.69, 9.17) is 0 Å². The number of hydrogen-bond donors (Lipinski definition) is 2. The molecule has 1 saturated heterocycles. The van der Waals surface area contributed by atoms with Gasteiger partial charge in [0.1, 0.15) is 5.82 Å². The fourth-order valence-electron chi connectivity index (χ4n) is 3.07. The molecule has 1 aromatic heterocycles. The van der Waals surface area contributed by atoms with Crippen LogP contribution >= 0.6 is 0 Å². The first-order valence-electron chi connectivity index (χ1n) is 8.11. The Labute approximate surface area is 136 Å². The highest BCUT2D eigenvalue weighted by Crippen LogP contribution is 2.18. The monoisotopic (exact) mass is 324 g/mol. The Morgan fingerprint density at radius 1 is 1.35 bits per heavy atom. The molecule has 0 unspecified atom stereocenters. The van der Waals surface area contributed by atoms with Gasteiger partial charge in [0.05, 0.1) is 5.92 Å². The van der Waals surface area contributed by atoms with Crippen LogP contribution in [0.3, 0.4) is 0 Å². The molecule has 1 aromatic rings. The second-order valence-electron chi connectivity index (χ2n) is 6.66. The Kier molecular flexibility index (Phi) is 5.95. The number of rotatable bonds is 5. The van der Waals surface area contributed by atoms with Crippen LogP contribution in [0.5, 0.6) is 0 Å². The third-order valence-corrected chi connectivity index (χ3v) is 4.62. The first kappa shape index (κ1) is 17.7. The quantitative estimate of drug-likeness (QED) is 0.728. The molecule has 0 aromatic carbocycles. The average molecular weight is 324 g/mol. The van der Waals surface area contributed by atoms with Gasteiger partial charge in [-0.2, -0.15) is 5.10 Å². The minimum atomic E-state index is -0.230. The lowest BCUT2D eigenvalue weighted by Crippen LogP contribution is -2.39. The summed E-state index contributed by atoms with van der Waals surface area (Å²) >= 11 is 0. The van der Waals surface area contributed by atoms with Crippen molar-refractivity contribution in [3.8, 4) is 0 Å². The maximum atomic E-state index is 12.4. The largest absolute Gasteiger partial charge is 0.355 e. The average Bonchev–Trinajstić information content (AvgIpc) is 2.71. The minimum Gasteiger partial charge on any atom is -0.355 e. The first-order chi connectivity index (χ1) is 10.9. The molecule has 8 nitrogen and oxygen atoms in total. The number of H-pyrrole nitrogens is 1. The zero-order valence-corrected chi connectivity index (χ0v) is 14.5. The van der Waals surface area contributed by atoms with Gasteiger partial charge < -0.3 is 15.1 Å². The number of nitrogens with zero attached hydrogens (tertiary/aromatic N) is 4. The van der Waals surface area contributed by atoms with Gasteiger partial charge in [-0.25, -0.2) is 9.89 Å². The molecule has 1 amide bonds. The molecule has 1 aliphatic rings. The van der Waals surface area contributed by atoms with E-state index >= 15 is 0 Å². The highest BCUT2D eigenvalue weighted by molar-refractivity contribution is 5.78. The SMILES string of the molecule is CN1C[C@H](C(=O)NCCc2n[nH]c(=O)n2C)CC[C@H](N(C)C)C1. The molecule has 0 radical (unpaired) electrons. The van der Waals surface area contributed by atoms with E-state index in [1.165, 1.54) is 4.57 Å². The van der Waals surface area contributed by atoms with E-state index in [0.717, 1.165) is 25.9 Å². The first-order valence-corrected chi connectivity index (χ1v) is 8.11. The van der Waals surface area contributed by atoms with Crippen molar-refractivity contribution in [1.82, 2.24) is 29.9 Å². The van der Waals surface area contributed by atoms with Crippen molar-refractivity contribution in [3.05, 3.63) is 16.3 Å². The molecule has 0 spiro atoms. The van der Waals surface area contributed by atoms with E-state index in [-0.39, 0.29) is 17.5 Å². The van der Waals surface area contributed by atoms with Crippen molar-refractivity contribution in [3.63, 3.8) is 0 Å². The van der Waals surface area contributed by atoms with E-state index < -0.39 is 0 Å². The van der Waals surface area contributed by atoms with E-state index in [0.29, 0.717) is 24.8 Å². The molecule has 0 bridgehead atoms. The van der Waals surface area contributed by atoms with Crippen LogP contribution in [-0.4, -0.2) is 77.3 Å². The van der Waals surface area contributed by atoms with Gasteiger partial charge in [-0.3, -0.25) is 9.36 Å². The number of aromatic amines is 1. The Morgan fingerprint density at radius 3 is 2.70 bits per heavy atom. The summed E-state index contributed by atoms with van der Waals surface area (Å²) in [5, 5.41) is 9.32. The highest BCUT2D eigenvalue weighted by Gasteiger charge is 2.27. The number of likely N-dealkylation sites (tertiary alicyclic amines) is 1. The second-order valence-corrected chi connectivity index (χ2v) is 6.66. The molecule has 1 aliphatic heterocycles. The summed E-state index contributed by atoms with van der Waals surface area (Å²) in [5.74, 6) is 0.769. The van der Waals surface area contributed by atoms with Crippen LogP contribution in [0.25, 0.3) is 0 Å². The smallest absolute Gasteiger partial charge is 0.343 e. The fourth-order valence-corrected chi connectivity index (χ4v) is 3.07. The summed E-state index contributed by atoms with van der Waals surface area (Å²) in [5.41, 5.74) is -0.230. The van der Waals surface area contributed by atoms with Gasteiger partial charge in [0.15, 0.2) is 0 Å². The van der Waals surface area contributed by atoms with Crippen LogP contribution in [0.2, 0.25) is 0 Å². The molecule has 2 rings (SSSR count). The second kappa shape index (κ2) is 7.74. The molecular weight excluding hydrogens is 296 g/mol. The molecule has 0 saturated carbocycles. The normalized spacial score (nSPS) is 23.0. The molecule has 2 N–H and O–H groups in total. The van der Waals surface area contributed by atoms with Crippen molar-refractivity contribution in [2.24, 2.45) is 13.0 Å². The number of amides is 1. The van der Waals surface area contributed by atoms with Crippen molar-refractivity contribution in [2.75, 3.05) is 40.8 Å². The topological polar surface area (TPSA) is 86.3 Å². The van der Waals surface area contributed by atoms with Gasteiger partial charge in [0.25, 0.3) is 0 Å². The highest BCUT2D eigenvalue weighted by atomic mass is 16.2. The molecule has 8 heteroatoms. The summed E-state index contributed by atoms with van der Waals surface area (Å²) in [6.07, 6.45) is 2.48. The van der Waals surface area contributed by atoms with Gasteiger partial charge in [-0.1, -0.05) is 0 Å². The lowest BCUT2D eigenvalue weighted by molar-refractivity contribution is -0.125. The lowest BCUT2D eigenvalue weighted by atomic mass is 10.0. The Balaban J connectivity index is 1.83. The summed E-state index contributed by atoms with van der Waals surface area (Å²) in [6, 6.07) is 0.497. The van der Waals surface area contributed by atoms with Crippen LogP contribution in [0.15, 0.2) is 4.79 Å². The summed E-state index contributed by atoms with van der Waals surface area (Å²) in [7, 11) is 7.92. The maximum Gasteiger partial charge on any atom is 0.343 e. The minimum absolute atomic E-state index is 0.0213. The number of hydrogen-bond acceptors (Lipinski definition) is 5. The van der Waals surface area contributed by atoms with Crippen molar-refractivity contribution < 1.29 is 4.79 Å². The maximum absolute atomic E-state index is 12.4. The van der Waals surface area contributed by atoms with Gasteiger partial charge in [0, 0.05) is 39.1 Å². The number of nitrogens with one attached hydrogen (secondary N) is 2. The number of likely N-dealkylation sites (N-methyl/N-ethyl adjacent to an activating group) is 2. The summed E-state index contributed by atoms with van der Waals surface area (Å²) < 4.78 is 1.47. The predicted octanol–water partition coefficient (Wildman–Crippen LogP) is -0.961. The summed E-state index contributed by atoms with van der Waals surface area (Å²) in [4.78, 5) is 28.2. The van der Waals surface area contributed by atoms with Gasteiger partial charge >= 0.3 is 5.69 Å². The Morgan fingerprint density at radius 2 is 2.09 bits per heavy atom. The van der Waals surface area contributed by atoms with Crippen molar-refractivity contribution in [1.29, 1.82) is 0 Å². The van der Waals surface area contributed by atoms with Gasteiger partial charge in [-0.05, 0) is 34.0 Å². The van der Waals surface area contributed by atoms with Crippen LogP contribution in [-0.2, 0) is 18.3 Å². The molecule has 1 fully saturated rings. The van der Waals surface area contributed by atoms with Crippen molar-refractivity contribution in [2.45, 2.75) is 25.3 Å². The zero-order valence-electron chi connectivity index (χ0n) is 14.5. The Hall–Kier alpha value is -1.67. The van der Waals surface area contributed by atoms with Crippen LogP contribution in [0.1, 0.15) is 18.7 Å². The third kappa shape index (κ3) is 4.65. The molecule has 130 valence electrons. The Bertz CT molecular complexity index is 579. The van der Waals surface area contributed by atoms with Crippen LogP contribution < -0.4 is 11.0 Å². The van der Waals surface area contributed by atoms with E-state index in [1.54, 1.807) is 7.05 Å². The molecule has 0 aliphatic carbocycles. The van der Waals surface area contributed by atoms with E-state index in [9.17, 15) is 9.59 Å². The zero-order chi connectivity index (χ0) is 17.0. The van der Waals surface area contributed by atoms with Crippen molar-refractivity contribution >= 4 is 5.91 Å². The van der Waals surface area contributed by atoms with E-state index in [1.807, 2.05) is 0 Å². The van der Waals surface area contributed by atoms with Crippen LogP contribution in [0.4, 0.5) is 0 Å². The van der Waals surface area contributed by atoms with Crippen LogP contribution in [0, 0.1) is 5.92 Å². The van der Waals surface area contributed by atoms with Gasteiger partial charge in [0.2, 0.25) is 5.91 Å². The predicted molar refractivity (Wildman–Crippen MR) is 88.2 cm³/mol. The summed E-state index contributed by atoms with van der Waals surface area (Å²) in [6.45, 7) is 2.28.